The van der Waals surface area contributed by atoms with Crippen LogP contribution < -0.4 is 4.72 Å². The lowest BCUT2D eigenvalue weighted by molar-refractivity contribution is 0.0173. The van der Waals surface area contributed by atoms with Crippen LogP contribution in [0.5, 0.6) is 0 Å². The zero-order valence-corrected chi connectivity index (χ0v) is 17.0. The maximum Gasteiger partial charge on any atom is 0.240 e. The molecule has 0 amide bonds. The minimum Gasteiger partial charge on any atom is -0.379 e. The summed E-state index contributed by atoms with van der Waals surface area (Å²) in [4.78, 5) is 2.69. The van der Waals surface area contributed by atoms with Crippen LogP contribution in [0.4, 0.5) is 0 Å². The first-order chi connectivity index (χ1) is 13.1. The fourth-order valence-corrected chi connectivity index (χ4v) is 5.76. The van der Waals surface area contributed by atoms with Crippen LogP contribution in [0.2, 0.25) is 0 Å². The van der Waals surface area contributed by atoms with E-state index in [0.29, 0.717) is 24.7 Å². The fourth-order valence-electron chi connectivity index (χ4n) is 3.96. The quantitative estimate of drug-likeness (QED) is 0.801. The van der Waals surface area contributed by atoms with Crippen molar-refractivity contribution >= 4 is 21.4 Å². The fraction of sp³-hybridized carbons (Fsp3) is 0.500. The van der Waals surface area contributed by atoms with Crippen molar-refractivity contribution < 1.29 is 13.2 Å². The van der Waals surface area contributed by atoms with Gasteiger partial charge in [-0.1, -0.05) is 6.07 Å². The number of rotatable bonds is 6. The van der Waals surface area contributed by atoms with Crippen molar-refractivity contribution in [2.24, 2.45) is 0 Å². The zero-order chi connectivity index (χ0) is 18.7. The van der Waals surface area contributed by atoms with Crippen LogP contribution in [0.25, 0.3) is 0 Å². The molecule has 0 saturated carbocycles. The van der Waals surface area contributed by atoms with Crippen LogP contribution in [0, 0.1) is 0 Å². The van der Waals surface area contributed by atoms with Gasteiger partial charge in [0.1, 0.15) is 0 Å². The first-order valence-electron chi connectivity index (χ1n) is 9.59. The highest BCUT2D eigenvalue weighted by molar-refractivity contribution is 7.89. The number of benzene rings is 1. The summed E-state index contributed by atoms with van der Waals surface area (Å²) in [5, 5.41) is 4.15. The summed E-state index contributed by atoms with van der Waals surface area (Å²) in [5.74, 6) is 0. The van der Waals surface area contributed by atoms with E-state index in [2.05, 4.69) is 21.1 Å². The topological polar surface area (TPSA) is 58.6 Å². The third-order valence-corrected chi connectivity index (χ3v) is 7.63. The summed E-state index contributed by atoms with van der Waals surface area (Å²) < 4.78 is 34.2. The van der Waals surface area contributed by atoms with Gasteiger partial charge >= 0.3 is 0 Å². The molecule has 1 aromatic carbocycles. The van der Waals surface area contributed by atoms with Crippen LogP contribution in [0.15, 0.2) is 39.9 Å². The molecule has 27 heavy (non-hydrogen) atoms. The minimum atomic E-state index is -3.52. The van der Waals surface area contributed by atoms with E-state index >= 15 is 0 Å². The van der Waals surface area contributed by atoms with Gasteiger partial charge in [0.05, 0.1) is 18.1 Å². The van der Waals surface area contributed by atoms with Gasteiger partial charge in [-0.3, -0.25) is 4.90 Å². The van der Waals surface area contributed by atoms with E-state index < -0.39 is 10.0 Å². The van der Waals surface area contributed by atoms with Crippen molar-refractivity contribution in [3.05, 3.63) is 51.7 Å². The minimum absolute atomic E-state index is 0.0348. The van der Waals surface area contributed by atoms with E-state index in [1.165, 1.54) is 17.5 Å². The van der Waals surface area contributed by atoms with Gasteiger partial charge in [-0.15, -0.1) is 0 Å². The molecule has 2 aliphatic rings. The van der Waals surface area contributed by atoms with Crippen molar-refractivity contribution in [2.75, 3.05) is 32.8 Å². The molecule has 0 spiro atoms. The summed E-state index contributed by atoms with van der Waals surface area (Å²) in [6, 6.07) is 7.72. The molecule has 0 bridgehead atoms. The summed E-state index contributed by atoms with van der Waals surface area (Å²) in [6.07, 6.45) is 4.37. The molecule has 0 radical (unpaired) electrons. The zero-order valence-electron chi connectivity index (χ0n) is 15.4. The Kier molecular flexibility index (Phi) is 5.94. The highest BCUT2D eigenvalue weighted by Crippen LogP contribution is 2.26. The Labute approximate surface area is 165 Å². The monoisotopic (exact) mass is 406 g/mol. The summed E-state index contributed by atoms with van der Waals surface area (Å²) in [5.41, 5.74) is 3.64. The smallest absolute Gasteiger partial charge is 0.240 e. The van der Waals surface area contributed by atoms with Crippen molar-refractivity contribution in [1.82, 2.24) is 9.62 Å². The van der Waals surface area contributed by atoms with Gasteiger partial charge in [0, 0.05) is 25.7 Å². The first kappa shape index (κ1) is 19.1. The van der Waals surface area contributed by atoms with E-state index in [0.717, 1.165) is 37.9 Å². The molecule has 2 aromatic rings. The summed E-state index contributed by atoms with van der Waals surface area (Å²) >= 11 is 1.64. The maximum absolute atomic E-state index is 12.9. The van der Waals surface area contributed by atoms with Crippen LogP contribution in [0.1, 0.15) is 35.6 Å². The largest absolute Gasteiger partial charge is 0.379 e. The van der Waals surface area contributed by atoms with Crippen LogP contribution >= 0.6 is 11.3 Å². The number of hydrogen-bond acceptors (Lipinski definition) is 5. The Balaban J connectivity index is 1.51. The summed E-state index contributed by atoms with van der Waals surface area (Å²) in [7, 11) is -3.52. The van der Waals surface area contributed by atoms with Gasteiger partial charge in [-0.25, -0.2) is 13.1 Å². The lowest BCUT2D eigenvalue weighted by Crippen LogP contribution is -2.43. The molecule has 1 N–H and O–H groups in total. The SMILES string of the molecule is O=S(=O)(NCC(c1ccsc1)N1CCOCC1)c1ccc2c(c1)CCCC2. The second-order valence-electron chi connectivity index (χ2n) is 7.21. The average molecular weight is 407 g/mol. The van der Waals surface area contributed by atoms with E-state index in [1.54, 1.807) is 17.4 Å². The molecule has 5 nitrogen and oxygen atoms in total. The van der Waals surface area contributed by atoms with E-state index in [4.69, 9.17) is 4.74 Å². The van der Waals surface area contributed by atoms with Crippen LogP contribution in [-0.2, 0) is 27.6 Å². The molecular weight excluding hydrogens is 380 g/mol. The predicted octanol–water partition coefficient (Wildman–Crippen LogP) is 2.98. The molecule has 7 heteroatoms. The Morgan fingerprint density at radius 2 is 1.89 bits per heavy atom. The number of fused-ring (bicyclic) bond motifs is 1. The van der Waals surface area contributed by atoms with Gasteiger partial charge < -0.3 is 4.74 Å². The number of thiophene rings is 1. The Morgan fingerprint density at radius 3 is 2.63 bits per heavy atom. The molecule has 1 aliphatic carbocycles. The van der Waals surface area contributed by atoms with E-state index in [9.17, 15) is 8.42 Å². The molecule has 4 rings (SSSR count). The highest BCUT2D eigenvalue weighted by atomic mass is 32.2. The second kappa shape index (κ2) is 8.41. The Bertz CT molecular complexity index is 859. The molecule has 1 aromatic heterocycles. The molecule has 1 aliphatic heterocycles. The third kappa shape index (κ3) is 4.43. The molecule has 146 valence electrons. The number of nitrogens with zero attached hydrogens (tertiary/aromatic N) is 1. The van der Waals surface area contributed by atoms with Crippen molar-refractivity contribution in [1.29, 1.82) is 0 Å². The molecule has 1 saturated heterocycles. The van der Waals surface area contributed by atoms with Gasteiger partial charge in [0.25, 0.3) is 0 Å². The predicted molar refractivity (Wildman–Crippen MR) is 108 cm³/mol. The normalized spacial score (nSPS) is 19.6. The van der Waals surface area contributed by atoms with Crippen LogP contribution in [-0.4, -0.2) is 46.2 Å². The number of hydrogen-bond donors (Lipinski definition) is 1. The van der Waals surface area contributed by atoms with Crippen LogP contribution in [0.3, 0.4) is 0 Å². The van der Waals surface area contributed by atoms with Crippen molar-refractivity contribution in [2.45, 2.75) is 36.6 Å². The number of morpholine rings is 1. The van der Waals surface area contributed by atoms with Crippen molar-refractivity contribution in [3.63, 3.8) is 0 Å². The molecular formula is C20H26N2O3S2. The summed E-state index contributed by atoms with van der Waals surface area (Å²) in [6.45, 7) is 3.40. The second-order valence-corrected chi connectivity index (χ2v) is 9.76. The number of nitrogens with one attached hydrogen (secondary N) is 1. The van der Waals surface area contributed by atoms with E-state index in [1.807, 2.05) is 17.5 Å². The van der Waals surface area contributed by atoms with Gasteiger partial charge in [0.15, 0.2) is 0 Å². The molecule has 1 unspecified atom stereocenters. The number of sulfonamides is 1. The number of aryl methyl sites for hydroxylation is 2. The van der Waals surface area contributed by atoms with Gasteiger partial charge in [-0.2, -0.15) is 11.3 Å². The highest BCUT2D eigenvalue weighted by Gasteiger charge is 2.26. The third-order valence-electron chi connectivity index (χ3n) is 5.51. The van der Waals surface area contributed by atoms with Gasteiger partial charge in [-0.05, 0) is 71.3 Å². The molecule has 2 heterocycles. The average Bonchev–Trinajstić information content (AvgIpc) is 3.23. The standard InChI is InChI=1S/C20H26N2O3S2/c23-27(24,19-6-5-16-3-1-2-4-17(16)13-19)21-14-20(18-7-12-26-15-18)22-8-10-25-11-9-22/h5-7,12-13,15,20-21H,1-4,8-11,14H2. The lowest BCUT2D eigenvalue weighted by atomic mass is 9.92. The maximum atomic E-state index is 12.9. The Hall–Kier alpha value is -1.25. The first-order valence-corrected chi connectivity index (χ1v) is 12.0. The molecule has 1 fully saturated rings. The number of ether oxygens (including phenoxy) is 1. The molecule has 1 atom stereocenters. The van der Waals surface area contributed by atoms with E-state index in [-0.39, 0.29) is 6.04 Å². The van der Waals surface area contributed by atoms with Gasteiger partial charge in [0.2, 0.25) is 10.0 Å². The Morgan fingerprint density at radius 1 is 1.11 bits per heavy atom. The lowest BCUT2D eigenvalue weighted by Gasteiger charge is -2.34. The van der Waals surface area contributed by atoms with Crippen molar-refractivity contribution in [3.8, 4) is 0 Å².